The predicted octanol–water partition coefficient (Wildman–Crippen LogP) is 1.50. The molecule has 5 heteroatoms. The Hall–Kier alpha value is -1.88. The van der Waals surface area contributed by atoms with Gasteiger partial charge in [-0.25, -0.2) is 4.98 Å². The van der Waals surface area contributed by atoms with Gasteiger partial charge in [0.2, 0.25) is 5.91 Å². The number of hydrogen-bond acceptors (Lipinski definition) is 4. The highest BCUT2D eigenvalue weighted by atomic mass is 16.3. The van der Waals surface area contributed by atoms with E-state index in [4.69, 9.17) is 10.2 Å². The highest BCUT2D eigenvalue weighted by Crippen LogP contribution is 2.27. The zero-order valence-corrected chi connectivity index (χ0v) is 9.22. The Bertz CT molecular complexity index is 558. The van der Waals surface area contributed by atoms with Crippen LogP contribution < -0.4 is 11.1 Å². The molecule has 1 heterocycles. The molecule has 1 fully saturated rings. The molecule has 88 valence electrons. The topological polar surface area (TPSA) is 81.2 Å². The molecule has 5 nitrogen and oxygen atoms in total. The van der Waals surface area contributed by atoms with Crippen LogP contribution in [0.4, 0.5) is 5.69 Å². The number of amides is 1. The molecule has 0 bridgehead atoms. The molecule has 1 aromatic heterocycles. The van der Waals surface area contributed by atoms with Crippen LogP contribution in [-0.4, -0.2) is 16.9 Å². The van der Waals surface area contributed by atoms with Crippen molar-refractivity contribution in [3.63, 3.8) is 0 Å². The maximum absolute atomic E-state index is 11.8. The van der Waals surface area contributed by atoms with Gasteiger partial charge in [0.05, 0.1) is 0 Å². The zero-order valence-electron chi connectivity index (χ0n) is 9.22. The van der Waals surface area contributed by atoms with Gasteiger partial charge in [-0.05, 0) is 25.0 Å². The number of oxazole rings is 1. The number of rotatable bonds is 2. The van der Waals surface area contributed by atoms with Crippen molar-refractivity contribution in [1.82, 2.24) is 4.98 Å². The molecule has 3 rings (SSSR count). The number of anilines is 1. The van der Waals surface area contributed by atoms with E-state index in [-0.39, 0.29) is 17.9 Å². The number of hydrogen-bond donors (Lipinski definition) is 2. The summed E-state index contributed by atoms with van der Waals surface area (Å²) < 4.78 is 5.18. The fraction of sp³-hybridized carbons (Fsp3) is 0.333. The summed E-state index contributed by atoms with van der Waals surface area (Å²) in [6.07, 6.45) is 2.94. The molecule has 1 aromatic carbocycles. The van der Waals surface area contributed by atoms with Crippen molar-refractivity contribution in [3.8, 4) is 0 Å². The molecule has 0 aliphatic heterocycles. The molecule has 0 spiro atoms. The maximum atomic E-state index is 11.8. The molecular weight excluding hydrogens is 218 g/mol. The number of nitrogens with two attached hydrogens (primary N) is 1. The van der Waals surface area contributed by atoms with Crippen molar-refractivity contribution in [2.24, 2.45) is 11.7 Å². The Morgan fingerprint density at radius 2 is 2.29 bits per heavy atom. The molecule has 2 aromatic rings. The third kappa shape index (κ3) is 1.89. The Morgan fingerprint density at radius 1 is 1.47 bits per heavy atom. The van der Waals surface area contributed by atoms with Gasteiger partial charge in [0.15, 0.2) is 12.0 Å². The fourth-order valence-electron chi connectivity index (χ4n) is 2.05. The molecule has 0 unspecified atom stereocenters. The van der Waals surface area contributed by atoms with Crippen LogP contribution in [0.2, 0.25) is 0 Å². The van der Waals surface area contributed by atoms with Crippen molar-refractivity contribution in [2.75, 3.05) is 5.32 Å². The van der Waals surface area contributed by atoms with Crippen LogP contribution in [-0.2, 0) is 4.79 Å². The first-order valence-corrected chi connectivity index (χ1v) is 5.62. The minimum atomic E-state index is 0.0329. The third-order valence-electron chi connectivity index (χ3n) is 3.14. The van der Waals surface area contributed by atoms with Gasteiger partial charge in [-0.3, -0.25) is 4.79 Å². The van der Waals surface area contributed by atoms with Gasteiger partial charge in [0.1, 0.15) is 5.52 Å². The Kier molecular flexibility index (Phi) is 2.33. The van der Waals surface area contributed by atoms with E-state index < -0.39 is 0 Å². The van der Waals surface area contributed by atoms with Crippen LogP contribution in [0.5, 0.6) is 0 Å². The second kappa shape index (κ2) is 3.85. The number of carbonyl (C=O) groups excluding carboxylic acids is 1. The van der Waals surface area contributed by atoms with Crippen LogP contribution in [0.15, 0.2) is 29.0 Å². The molecule has 0 atom stereocenters. The first-order chi connectivity index (χ1) is 8.22. The molecule has 17 heavy (non-hydrogen) atoms. The van der Waals surface area contributed by atoms with Crippen molar-refractivity contribution in [3.05, 3.63) is 24.6 Å². The fourth-order valence-corrected chi connectivity index (χ4v) is 2.05. The lowest BCUT2D eigenvalue weighted by molar-refractivity contribution is -0.122. The third-order valence-corrected chi connectivity index (χ3v) is 3.14. The van der Waals surface area contributed by atoms with E-state index in [9.17, 15) is 4.79 Å². The standard InChI is InChI=1S/C12H13N3O2/c13-8-3-7(4-8)12(16)15-9-1-2-10-11(5-9)17-6-14-10/h1-2,5-8H,3-4,13H2,(H,15,16). The number of nitrogens with one attached hydrogen (secondary N) is 1. The first kappa shape index (κ1) is 10.3. The summed E-state index contributed by atoms with van der Waals surface area (Å²) in [4.78, 5) is 15.8. The van der Waals surface area contributed by atoms with Gasteiger partial charge in [0.25, 0.3) is 0 Å². The van der Waals surface area contributed by atoms with Crippen molar-refractivity contribution < 1.29 is 9.21 Å². The largest absolute Gasteiger partial charge is 0.443 e. The Morgan fingerprint density at radius 3 is 3.06 bits per heavy atom. The first-order valence-electron chi connectivity index (χ1n) is 5.62. The van der Waals surface area contributed by atoms with Gasteiger partial charge >= 0.3 is 0 Å². The van der Waals surface area contributed by atoms with Gasteiger partial charge in [-0.1, -0.05) is 0 Å². The van der Waals surface area contributed by atoms with Crippen LogP contribution >= 0.6 is 0 Å². The highest BCUT2D eigenvalue weighted by Gasteiger charge is 2.31. The molecular formula is C12H13N3O2. The summed E-state index contributed by atoms with van der Waals surface area (Å²) in [5.41, 5.74) is 7.85. The quantitative estimate of drug-likeness (QED) is 0.820. The van der Waals surface area contributed by atoms with Crippen molar-refractivity contribution in [1.29, 1.82) is 0 Å². The Balaban J connectivity index is 1.73. The maximum Gasteiger partial charge on any atom is 0.227 e. The Labute approximate surface area is 98.0 Å². The number of nitrogens with zero attached hydrogens (tertiary/aromatic N) is 1. The SMILES string of the molecule is NC1CC(C(=O)Nc2ccc3ncoc3c2)C1. The average Bonchev–Trinajstić information content (AvgIpc) is 2.71. The summed E-state index contributed by atoms with van der Waals surface area (Å²) >= 11 is 0. The van der Waals surface area contributed by atoms with Crippen molar-refractivity contribution >= 4 is 22.7 Å². The molecule has 1 saturated carbocycles. The molecule has 0 radical (unpaired) electrons. The van der Waals surface area contributed by atoms with E-state index >= 15 is 0 Å². The van der Waals surface area contributed by atoms with Crippen LogP contribution in [0.1, 0.15) is 12.8 Å². The van der Waals surface area contributed by atoms with E-state index in [0.717, 1.165) is 24.0 Å². The van der Waals surface area contributed by atoms with Crippen LogP contribution in [0.3, 0.4) is 0 Å². The molecule has 1 amide bonds. The van der Waals surface area contributed by atoms with Gasteiger partial charge in [0, 0.05) is 23.7 Å². The molecule has 0 saturated heterocycles. The van der Waals surface area contributed by atoms with E-state index in [2.05, 4.69) is 10.3 Å². The molecule has 3 N–H and O–H groups in total. The lowest BCUT2D eigenvalue weighted by Gasteiger charge is -2.30. The number of benzene rings is 1. The number of aromatic nitrogens is 1. The summed E-state index contributed by atoms with van der Waals surface area (Å²) in [7, 11) is 0. The monoisotopic (exact) mass is 231 g/mol. The predicted molar refractivity (Wildman–Crippen MR) is 63.3 cm³/mol. The second-order valence-corrected chi connectivity index (χ2v) is 4.45. The van der Waals surface area contributed by atoms with Gasteiger partial charge in [-0.15, -0.1) is 0 Å². The number of fused-ring (bicyclic) bond motifs is 1. The van der Waals surface area contributed by atoms with Crippen LogP contribution in [0, 0.1) is 5.92 Å². The van der Waals surface area contributed by atoms with E-state index in [1.54, 1.807) is 6.07 Å². The number of carbonyl (C=O) groups is 1. The molecule has 1 aliphatic carbocycles. The van der Waals surface area contributed by atoms with Crippen molar-refractivity contribution in [2.45, 2.75) is 18.9 Å². The lowest BCUT2D eigenvalue weighted by Crippen LogP contribution is -2.42. The zero-order chi connectivity index (χ0) is 11.8. The summed E-state index contributed by atoms with van der Waals surface area (Å²) in [5.74, 6) is 0.0842. The average molecular weight is 231 g/mol. The van der Waals surface area contributed by atoms with Gasteiger partial charge in [-0.2, -0.15) is 0 Å². The van der Waals surface area contributed by atoms with Crippen LogP contribution in [0.25, 0.3) is 11.1 Å². The summed E-state index contributed by atoms with van der Waals surface area (Å²) in [6, 6.07) is 5.60. The van der Waals surface area contributed by atoms with E-state index in [0.29, 0.717) is 5.58 Å². The normalized spacial score (nSPS) is 23.4. The lowest BCUT2D eigenvalue weighted by atomic mass is 9.80. The van der Waals surface area contributed by atoms with E-state index in [1.165, 1.54) is 6.39 Å². The summed E-state index contributed by atoms with van der Waals surface area (Å²) in [6.45, 7) is 0. The minimum absolute atomic E-state index is 0.0329. The summed E-state index contributed by atoms with van der Waals surface area (Å²) in [5, 5.41) is 2.86. The van der Waals surface area contributed by atoms with E-state index in [1.807, 2.05) is 12.1 Å². The molecule has 1 aliphatic rings. The minimum Gasteiger partial charge on any atom is -0.443 e. The smallest absolute Gasteiger partial charge is 0.227 e. The second-order valence-electron chi connectivity index (χ2n) is 4.45. The van der Waals surface area contributed by atoms with Gasteiger partial charge < -0.3 is 15.5 Å². The highest BCUT2D eigenvalue weighted by molar-refractivity contribution is 5.94.